The number of aliphatic hydroxyl groups is 1. The van der Waals surface area contributed by atoms with Crippen molar-refractivity contribution >= 4 is 0 Å². The van der Waals surface area contributed by atoms with Crippen LogP contribution >= 0.6 is 0 Å². The van der Waals surface area contributed by atoms with E-state index in [0.717, 1.165) is 42.9 Å². The van der Waals surface area contributed by atoms with Crippen LogP contribution in [-0.2, 0) is 0 Å². The van der Waals surface area contributed by atoms with Crippen LogP contribution in [0.3, 0.4) is 0 Å². The van der Waals surface area contributed by atoms with E-state index in [9.17, 15) is 5.11 Å². The Morgan fingerprint density at radius 2 is 1.77 bits per heavy atom. The van der Waals surface area contributed by atoms with E-state index >= 15 is 0 Å². The van der Waals surface area contributed by atoms with Crippen molar-refractivity contribution in [3.8, 4) is 0 Å². The lowest BCUT2D eigenvalue weighted by Gasteiger charge is -2.58. The molecule has 3 fully saturated rings. The first-order valence-electron chi connectivity index (χ1n) is 13.0. The molecule has 30 heavy (non-hydrogen) atoms. The maximum atomic E-state index is 10.2. The van der Waals surface area contributed by atoms with Crippen LogP contribution in [0.1, 0.15) is 92.4 Å². The fraction of sp³-hybridized carbons (Fsp3) is 0.793. The topological polar surface area (TPSA) is 20.2 Å². The van der Waals surface area contributed by atoms with Crippen LogP contribution in [0.4, 0.5) is 0 Å². The first-order valence-corrected chi connectivity index (χ1v) is 13.0. The molecule has 1 heteroatoms. The summed E-state index contributed by atoms with van der Waals surface area (Å²) in [7, 11) is 0. The van der Waals surface area contributed by atoms with Gasteiger partial charge in [0.05, 0.1) is 6.10 Å². The van der Waals surface area contributed by atoms with Crippen molar-refractivity contribution in [1.82, 2.24) is 0 Å². The molecular formula is C29H46O. The smallest absolute Gasteiger partial charge is 0.0577 e. The van der Waals surface area contributed by atoms with Gasteiger partial charge in [0.1, 0.15) is 0 Å². The molecule has 0 saturated heterocycles. The largest absolute Gasteiger partial charge is 0.393 e. The van der Waals surface area contributed by atoms with E-state index < -0.39 is 0 Å². The Morgan fingerprint density at radius 1 is 1.00 bits per heavy atom. The van der Waals surface area contributed by atoms with E-state index in [-0.39, 0.29) is 6.10 Å². The van der Waals surface area contributed by atoms with Gasteiger partial charge in [0.15, 0.2) is 0 Å². The Kier molecular flexibility index (Phi) is 6.42. The van der Waals surface area contributed by atoms with E-state index in [2.05, 4.69) is 65.0 Å². The molecule has 1 nitrogen and oxygen atoms in total. The predicted octanol–water partition coefficient (Wildman–Crippen LogP) is 7.72. The van der Waals surface area contributed by atoms with Gasteiger partial charge in [-0.3, -0.25) is 0 Å². The highest BCUT2D eigenvalue weighted by Gasteiger charge is 2.58. The van der Waals surface area contributed by atoms with Gasteiger partial charge in [-0.2, -0.15) is 0 Å². The minimum atomic E-state index is -0.0892. The highest BCUT2D eigenvalue weighted by atomic mass is 16.3. The Hall–Kier alpha value is -0.820. The van der Waals surface area contributed by atoms with Crippen LogP contribution in [0.25, 0.3) is 0 Å². The predicted molar refractivity (Wildman–Crippen MR) is 128 cm³/mol. The van der Waals surface area contributed by atoms with Crippen molar-refractivity contribution in [2.24, 2.45) is 46.3 Å². The number of hydrogen-bond acceptors (Lipinski definition) is 1. The minimum Gasteiger partial charge on any atom is -0.393 e. The zero-order chi connectivity index (χ0) is 21.5. The first-order chi connectivity index (χ1) is 14.3. The van der Waals surface area contributed by atoms with E-state index in [1.165, 1.54) is 38.5 Å². The maximum absolute atomic E-state index is 10.2. The van der Waals surface area contributed by atoms with Crippen molar-refractivity contribution in [1.29, 1.82) is 0 Å². The second kappa shape index (κ2) is 8.61. The number of fused-ring (bicyclic) bond motifs is 5. The molecule has 0 amide bonds. The molecule has 0 bridgehead atoms. The molecule has 0 heterocycles. The van der Waals surface area contributed by atoms with E-state index in [1.807, 2.05) is 0 Å². The highest BCUT2D eigenvalue weighted by Crippen LogP contribution is 2.67. The fourth-order valence-corrected chi connectivity index (χ4v) is 8.40. The molecule has 8 unspecified atom stereocenters. The first kappa shape index (κ1) is 22.4. The molecule has 168 valence electrons. The molecule has 0 spiro atoms. The van der Waals surface area contributed by atoms with Crippen LogP contribution in [0, 0.1) is 46.3 Å². The zero-order valence-electron chi connectivity index (χ0n) is 20.2. The lowest BCUT2D eigenvalue weighted by Crippen LogP contribution is -2.50. The second-order valence-electron chi connectivity index (χ2n) is 12.1. The van der Waals surface area contributed by atoms with Gasteiger partial charge >= 0.3 is 0 Å². The van der Waals surface area contributed by atoms with E-state index in [1.54, 1.807) is 5.57 Å². The van der Waals surface area contributed by atoms with Crippen LogP contribution < -0.4 is 0 Å². The van der Waals surface area contributed by atoms with Crippen molar-refractivity contribution in [2.45, 2.75) is 98.5 Å². The average Bonchev–Trinajstić information content (AvgIpc) is 3.05. The third kappa shape index (κ3) is 3.89. The molecule has 4 rings (SSSR count). The molecule has 0 aromatic rings. The summed E-state index contributed by atoms with van der Waals surface area (Å²) in [6.45, 7) is 12.2. The van der Waals surface area contributed by atoms with Crippen molar-refractivity contribution in [3.05, 3.63) is 36.0 Å². The van der Waals surface area contributed by atoms with Gasteiger partial charge < -0.3 is 5.11 Å². The molecule has 0 aromatic heterocycles. The fourth-order valence-electron chi connectivity index (χ4n) is 8.40. The summed E-state index contributed by atoms with van der Waals surface area (Å²) in [5.74, 6) is 4.83. The van der Waals surface area contributed by atoms with Crippen molar-refractivity contribution in [2.75, 3.05) is 0 Å². The summed E-state index contributed by atoms with van der Waals surface area (Å²) in [5, 5.41) is 10.2. The van der Waals surface area contributed by atoms with Gasteiger partial charge in [-0.1, -0.05) is 70.6 Å². The second-order valence-corrected chi connectivity index (χ2v) is 12.1. The Balaban J connectivity index is 1.47. The maximum Gasteiger partial charge on any atom is 0.0577 e. The van der Waals surface area contributed by atoms with Gasteiger partial charge in [-0.15, -0.1) is 0 Å². The summed E-state index contributed by atoms with van der Waals surface area (Å²) in [6.07, 6.45) is 23.3. The number of allylic oxidation sites excluding steroid dienone is 5. The zero-order valence-corrected chi connectivity index (χ0v) is 20.2. The number of rotatable bonds is 5. The van der Waals surface area contributed by atoms with E-state index in [0.29, 0.717) is 22.7 Å². The number of hydrogen-bond donors (Lipinski definition) is 1. The van der Waals surface area contributed by atoms with Gasteiger partial charge in [-0.05, 0) is 104 Å². The van der Waals surface area contributed by atoms with Crippen LogP contribution in [0.15, 0.2) is 36.0 Å². The summed E-state index contributed by atoms with van der Waals surface area (Å²) in [4.78, 5) is 0. The standard InChI is InChI=1S/C29H46O/c1-20(2)9-7-6-8-10-21(3)25-13-14-26-24-12-11-22-19-23(30)15-17-28(22,4)27(24)16-18-29(25,26)5/h7-11,20-21,23-27,30H,6,12-19H2,1-5H3. The average molecular weight is 411 g/mol. The van der Waals surface area contributed by atoms with Gasteiger partial charge in [-0.25, -0.2) is 0 Å². The van der Waals surface area contributed by atoms with Gasteiger partial charge in [0.25, 0.3) is 0 Å². The molecule has 0 aromatic carbocycles. The molecule has 8 atom stereocenters. The minimum absolute atomic E-state index is 0.0892. The summed E-state index contributed by atoms with van der Waals surface area (Å²) in [5.41, 5.74) is 2.50. The molecule has 0 radical (unpaired) electrons. The van der Waals surface area contributed by atoms with Crippen LogP contribution in [-0.4, -0.2) is 11.2 Å². The van der Waals surface area contributed by atoms with Gasteiger partial charge in [0, 0.05) is 0 Å². The van der Waals surface area contributed by atoms with Crippen LogP contribution in [0.2, 0.25) is 0 Å². The summed E-state index contributed by atoms with van der Waals surface area (Å²) >= 11 is 0. The lowest BCUT2D eigenvalue weighted by atomic mass is 9.47. The van der Waals surface area contributed by atoms with E-state index in [4.69, 9.17) is 0 Å². The molecule has 1 N–H and O–H groups in total. The molecule has 4 aliphatic carbocycles. The third-order valence-corrected chi connectivity index (χ3v) is 10.0. The Labute approximate surface area is 186 Å². The number of aliphatic hydroxyl groups excluding tert-OH is 1. The Morgan fingerprint density at radius 3 is 2.53 bits per heavy atom. The molecule has 0 aliphatic heterocycles. The Bertz CT molecular complexity index is 699. The SMILES string of the molecule is CC(C)C=CCC=CC(C)C1CCC2C3CC=C4CC(O)CCC4(C)C3CCC12C. The molecule has 3 saturated carbocycles. The van der Waals surface area contributed by atoms with Crippen molar-refractivity contribution in [3.63, 3.8) is 0 Å². The quantitative estimate of drug-likeness (QED) is 0.460. The summed E-state index contributed by atoms with van der Waals surface area (Å²) in [6, 6.07) is 0. The van der Waals surface area contributed by atoms with Crippen molar-refractivity contribution < 1.29 is 5.11 Å². The monoisotopic (exact) mass is 410 g/mol. The van der Waals surface area contributed by atoms with Gasteiger partial charge in [0.2, 0.25) is 0 Å². The lowest BCUT2D eigenvalue weighted by molar-refractivity contribution is -0.0540. The highest BCUT2D eigenvalue weighted by molar-refractivity contribution is 5.25. The molecular weight excluding hydrogens is 364 g/mol. The molecule has 4 aliphatic rings. The summed E-state index contributed by atoms with van der Waals surface area (Å²) < 4.78 is 0. The third-order valence-electron chi connectivity index (χ3n) is 10.0. The van der Waals surface area contributed by atoms with Crippen LogP contribution in [0.5, 0.6) is 0 Å². The normalized spacial score (nSPS) is 44.8.